The zero-order chi connectivity index (χ0) is 20.4. The van der Waals surface area contributed by atoms with Gasteiger partial charge in [0.1, 0.15) is 12.7 Å². The largest absolute Gasteiger partial charge is 0.391 e. The first-order valence-corrected chi connectivity index (χ1v) is 9.71. The number of carbonyl (C=O) groups is 1. The predicted molar refractivity (Wildman–Crippen MR) is 97.2 cm³/mol. The van der Waals surface area contributed by atoms with E-state index in [1.54, 1.807) is 11.0 Å². The van der Waals surface area contributed by atoms with Crippen LogP contribution >= 0.6 is 0 Å². The molecule has 1 amide bonds. The summed E-state index contributed by atoms with van der Waals surface area (Å²) in [5, 5.41) is 12.4. The van der Waals surface area contributed by atoms with Gasteiger partial charge < -0.3 is 9.80 Å². The number of rotatable bonds is 3. The van der Waals surface area contributed by atoms with Gasteiger partial charge in [-0.2, -0.15) is 18.3 Å². The molecule has 0 saturated carbocycles. The van der Waals surface area contributed by atoms with Gasteiger partial charge in [0, 0.05) is 26.2 Å². The third kappa shape index (κ3) is 4.33. The number of amides is 1. The molecule has 11 heteroatoms. The molecule has 156 valence electrons. The first kappa shape index (κ1) is 19.6. The average molecular weight is 409 g/mol. The number of likely N-dealkylation sites (tertiary alicyclic amines) is 1. The minimum absolute atomic E-state index is 0.0130. The van der Waals surface area contributed by atoms with Crippen LogP contribution in [0.15, 0.2) is 24.8 Å². The van der Waals surface area contributed by atoms with Crippen LogP contribution in [0.25, 0.3) is 5.82 Å². The van der Waals surface area contributed by atoms with Crippen molar-refractivity contribution in [2.45, 2.75) is 31.9 Å². The van der Waals surface area contributed by atoms with Crippen molar-refractivity contribution in [3.05, 3.63) is 24.8 Å². The van der Waals surface area contributed by atoms with Gasteiger partial charge in [-0.05, 0) is 37.8 Å². The van der Waals surface area contributed by atoms with Crippen molar-refractivity contribution in [1.82, 2.24) is 29.9 Å². The molecule has 0 bridgehead atoms. The number of aromatic nitrogens is 5. The number of halogens is 3. The Hall–Kier alpha value is -2.72. The van der Waals surface area contributed by atoms with E-state index in [0.717, 1.165) is 19.4 Å². The van der Waals surface area contributed by atoms with E-state index in [4.69, 9.17) is 0 Å². The summed E-state index contributed by atoms with van der Waals surface area (Å²) >= 11 is 0. The van der Waals surface area contributed by atoms with Crippen molar-refractivity contribution >= 4 is 11.7 Å². The smallest absolute Gasteiger partial charge is 0.354 e. The van der Waals surface area contributed by atoms with Crippen molar-refractivity contribution in [1.29, 1.82) is 0 Å². The number of piperidine rings is 2. The van der Waals surface area contributed by atoms with Crippen LogP contribution in [-0.4, -0.2) is 68.1 Å². The van der Waals surface area contributed by atoms with Crippen LogP contribution < -0.4 is 4.90 Å². The summed E-state index contributed by atoms with van der Waals surface area (Å²) in [7, 11) is 0. The lowest BCUT2D eigenvalue weighted by Gasteiger charge is -2.38. The molecule has 4 rings (SSSR count). The van der Waals surface area contributed by atoms with Gasteiger partial charge in [0.05, 0.1) is 11.8 Å². The highest BCUT2D eigenvalue weighted by atomic mass is 19.4. The Morgan fingerprint density at radius 1 is 1.03 bits per heavy atom. The Balaban J connectivity index is 1.36. The van der Waals surface area contributed by atoms with E-state index in [1.165, 1.54) is 17.3 Å². The molecular weight excluding hydrogens is 387 g/mol. The molecule has 29 heavy (non-hydrogen) atoms. The molecule has 0 aliphatic carbocycles. The zero-order valence-corrected chi connectivity index (χ0v) is 15.8. The molecule has 8 nitrogen and oxygen atoms in total. The summed E-state index contributed by atoms with van der Waals surface area (Å²) in [6.45, 7) is 1.60. The monoisotopic (exact) mass is 409 g/mol. The van der Waals surface area contributed by atoms with Crippen LogP contribution in [-0.2, 0) is 4.79 Å². The minimum atomic E-state index is -4.17. The summed E-state index contributed by atoms with van der Waals surface area (Å²) in [6, 6.07) is 3.61. The van der Waals surface area contributed by atoms with E-state index in [9.17, 15) is 18.0 Å². The second kappa shape index (κ2) is 7.96. The van der Waals surface area contributed by atoms with Gasteiger partial charge in [0.25, 0.3) is 0 Å². The standard InChI is InChI=1S/C18H22F3N7O/c19-18(20,21)14-5-8-26(9-6-14)17(29)13-2-1-7-27(10-13)15-3-4-16(25-24-15)28-12-22-11-23-28/h3-4,11-14H,1-2,5-10H2. The second-order valence-electron chi connectivity index (χ2n) is 7.52. The van der Waals surface area contributed by atoms with Crippen LogP contribution in [0.3, 0.4) is 0 Å². The molecular formula is C18H22F3N7O. The van der Waals surface area contributed by atoms with Gasteiger partial charge >= 0.3 is 6.18 Å². The van der Waals surface area contributed by atoms with Crippen molar-refractivity contribution in [2.24, 2.45) is 11.8 Å². The van der Waals surface area contributed by atoms with Gasteiger partial charge in [-0.25, -0.2) is 9.67 Å². The van der Waals surface area contributed by atoms with Crippen LogP contribution in [0.4, 0.5) is 19.0 Å². The molecule has 4 heterocycles. The summed E-state index contributed by atoms with van der Waals surface area (Å²) in [5.74, 6) is -0.371. The molecule has 2 saturated heterocycles. The molecule has 2 aliphatic heterocycles. The highest BCUT2D eigenvalue weighted by Crippen LogP contribution is 2.35. The normalized spacial score (nSPS) is 21.4. The number of hydrogen-bond donors (Lipinski definition) is 0. The molecule has 0 aromatic carbocycles. The maximum Gasteiger partial charge on any atom is 0.391 e. The summed E-state index contributed by atoms with van der Waals surface area (Å²) < 4.78 is 40.1. The van der Waals surface area contributed by atoms with Crippen molar-refractivity contribution in [2.75, 3.05) is 31.1 Å². The van der Waals surface area contributed by atoms with E-state index < -0.39 is 12.1 Å². The van der Waals surface area contributed by atoms with E-state index in [0.29, 0.717) is 18.2 Å². The molecule has 1 atom stereocenters. The average Bonchev–Trinajstić information content (AvgIpc) is 3.28. The van der Waals surface area contributed by atoms with Gasteiger partial charge in [-0.1, -0.05) is 0 Å². The fourth-order valence-corrected chi connectivity index (χ4v) is 4.01. The number of nitrogens with zero attached hydrogens (tertiary/aromatic N) is 7. The Morgan fingerprint density at radius 2 is 1.76 bits per heavy atom. The van der Waals surface area contributed by atoms with Gasteiger partial charge in [-0.3, -0.25) is 4.79 Å². The molecule has 0 N–H and O–H groups in total. The van der Waals surface area contributed by atoms with E-state index >= 15 is 0 Å². The third-order valence-electron chi connectivity index (χ3n) is 5.65. The lowest BCUT2D eigenvalue weighted by Crippen LogP contribution is -2.48. The highest BCUT2D eigenvalue weighted by Gasteiger charge is 2.42. The number of carbonyl (C=O) groups excluding carboxylic acids is 1. The highest BCUT2D eigenvalue weighted by molar-refractivity contribution is 5.79. The maximum absolute atomic E-state index is 12.9. The molecule has 0 radical (unpaired) electrons. The number of alkyl halides is 3. The van der Waals surface area contributed by atoms with Crippen molar-refractivity contribution in [3.63, 3.8) is 0 Å². The molecule has 2 aliphatic rings. The predicted octanol–water partition coefficient (Wildman–Crippen LogP) is 2.07. The third-order valence-corrected chi connectivity index (χ3v) is 5.65. The van der Waals surface area contributed by atoms with Crippen LogP contribution in [0.2, 0.25) is 0 Å². The first-order chi connectivity index (χ1) is 13.9. The lowest BCUT2D eigenvalue weighted by atomic mass is 9.92. The summed E-state index contributed by atoms with van der Waals surface area (Å²) in [5.41, 5.74) is 0. The van der Waals surface area contributed by atoms with Gasteiger partial charge in [-0.15, -0.1) is 10.2 Å². The summed E-state index contributed by atoms with van der Waals surface area (Å²) in [4.78, 5) is 20.3. The van der Waals surface area contributed by atoms with Gasteiger partial charge in [0.2, 0.25) is 5.91 Å². The molecule has 0 spiro atoms. The molecule has 2 fully saturated rings. The molecule has 1 unspecified atom stereocenters. The van der Waals surface area contributed by atoms with Crippen molar-refractivity contribution < 1.29 is 18.0 Å². The fraction of sp³-hybridized carbons (Fsp3) is 0.611. The van der Waals surface area contributed by atoms with E-state index in [1.807, 2.05) is 11.0 Å². The van der Waals surface area contributed by atoms with Crippen LogP contribution in [0.5, 0.6) is 0 Å². The van der Waals surface area contributed by atoms with E-state index in [2.05, 4.69) is 20.3 Å². The topological polar surface area (TPSA) is 80.0 Å². The maximum atomic E-state index is 12.9. The van der Waals surface area contributed by atoms with Gasteiger partial charge in [0.15, 0.2) is 11.6 Å². The zero-order valence-electron chi connectivity index (χ0n) is 15.8. The lowest BCUT2D eigenvalue weighted by molar-refractivity contribution is -0.187. The number of hydrogen-bond acceptors (Lipinski definition) is 6. The fourth-order valence-electron chi connectivity index (χ4n) is 4.01. The summed E-state index contributed by atoms with van der Waals surface area (Å²) in [6.07, 6.45) is 0.297. The quantitative estimate of drug-likeness (QED) is 0.772. The minimum Gasteiger partial charge on any atom is -0.354 e. The number of anilines is 1. The van der Waals surface area contributed by atoms with E-state index in [-0.39, 0.29) is 37.8 Å². The Kier molecular flexibility index (Phi) is 5.37. The second-order valence-corrected chi connectivity index (χ2v) is 7.52. The molecule has 2 aromatic heterocycles. The van der Waals surface area contributed by atoms with Crippen LogP contribution in [0, 0.1) is 11.8 Å². The van der Waals surface area contributed by atoms with Crippen molar-refractivity contribution in [3.8, 4) is 5.82 Å². The van der Waals surface area contributed by atoms with Crippen LogP contribution in [0.1, 0.15) is 25.7 Å². The SMILES string of the molecule is O=C(C1CCCN(c2ccc(-n3cncn3)nn2)C1)N1CCC(C(F)(F)F)CC1. The Labute approximate surface area is 165 Å². The Bertz CT molecular complexity index is 817. The first-order valence-electron chi connectivity index (χ1n) is 9.71. The Morgan fingerprint density at radius 3 is 2.38 bits per heavy atom. The molecule has 2 aromatic rings.